The zero-order valence-corrected chi connectivity index (χ0v) is 11.7. The standard InChI is InChI=1S/C13H20N4O3/c1-9-6-16(8-11(9)12(18)19)13(20)15-10(2)7-17-5-3-4-14-17/h3-5,9-11H,6-8H2,1-2H3,(H,15,20)(H,18,19). The van der Waals surface area contributed by atoms with Crippen LogP contribution in [0.4, 0.5) is 4.79 Å². The van der Waals surface area contributed by atoms with Gasteiger partial charge in [0.1, 0.15) is 0 Å². The molecule has 1 aliphatic heterocycles. The molecule has 7 heteroatoms. The molecule has 20 heavy (non-hydrogen) atoms. The van der Waals surface area contributed by atoms with E-state index in [0.717, 1.165) is 0 Å². The predicted octanol–water partition coefficient (Wildman–Crippen LogP) is 0.634. The fraction of sp³-hybridized carbons (Fsp3) is 0.615. The Balaban J connectivity index is 1.84. The smallest absolute Gasteiger partial charge is 0.317 e. The highest BCUT2D eigenvalue weighted by molar-refractivity contribution is 5.77. The van der Waals surface area contributed by atoms with Gasteiger partial charge in [0.2, 0.25) is 0 Å². The highest BCUT2D eigenvalue weighted by Gasteiger charge is 2.37. The Morgan fingerprint density at radius 1 is 1.50 bits per heavy atom. The summed E-state index contributed by atoms with van der Waals surface area (Å²) in [7, 11) is 0. The van der Waals surface area contributed by atoms with Gasteiger partial charge in [-0.3, -0.25) is 9.48 Å². The van der Waals surface area contributed by atoms with Gasteiger partial charge in [-0.25, -0.2) is 4.79 Å². The first-order valence-electron chi connectivity index (χ1n) is 6.73. The first-order chi connectivity index (χ1) is 9.47. The largest absolute Gasteiger partial charge is 0.481 e. The zero-order valence-electron chi connectivity index (χ0n) is 11.7. The zero-order chi connectivity index (χ0) is 14.7. The fourth-order valence-electron chi connectivity index (χ4n) is 2.49. The molecule has 1 aromatic rings. The van der Waals surface area contributed by atoms with Gasteiger partial charge >= 0.3 is 12.0 Å². The average molecular weight is 280 g/mol. The molecule has 1 fully saturated rings. The lowest BCUT2D eigenvalue weighted by molar-refractivity contribution is -0.142. The molecule has 1 saturated heterocycles. The lowest BCUT2D eigenvalue weighted by Crippen LogP contribution is -2.44. The molecule has 0 radical (unpaired) electrons. The number of aliphatic carboxylic acids is 1. The summed E-state index contributed by atoms with van der Waals surface area (Å²) in [4.78, 5) is 24.7. The first kappa shape index (κ1) is 14.4. The van der Waals surface area contributed by atoms with Crippen LogP contribution >= 0.6 is 0 Å². The van der Waals surface area contributed by atoms with Gasteiger partial charge in [0.15, 0.2) is 0 Å². The molecule has 3 unspecified atom stereocenters. The minimum absolute atomic E-state index is 0.0142. The molecule has 2 N–H and O–H groups in total. The van der Waals surface area contributed by atoms with Crippen LogP contribution in [0.15, 0.2) is 18.5 Å². The van der Waals surface area contributed by atoms with Crippen molar-refractivity contribution in [2.24, 2.45) is 11.8 Å². The molecule has 110 valence electrons. The van der Waals surface area contributed by atoms with Crippen molar-refractivity contribution in [3.63, 3.8) is 0 Å². The summed E-state index contributed by atoms with van der Waals surface area (Å²) in [6.45, 7) is 5.10. The molecule has 7 nitrogen and oxygen atoms in total. The molecule has 1 aliphatic rings. The minimum Gasteiger partial charge on any atom is -0.481 e. The van der Waals surface area contributed by atoms with Crippen molar-refractivity contribution in [1.29, 1.82) is 0 Å². The summed E-state index contributed by atoms with van der Waals surface area (Å²) in [5.41, 5.74) is 0. The molecule has 0 spiro atoms. The number of nitrogens with one attached hydrogen (secondary N) is 1. The van der Waals surface area contributed by atoms with E-state index in [2.05, 4.69) is 10.4 Å². The van der Waals surface area contributed by atoms with Crippen molar-refractivity contribution in [1.82, 2.24) is 20.0 Å². The number of rotatable bonds is 4. The Hall–Kier alpha value is -2.05. The van der Waals surface area contributed by atoms with Crippen LogP contribution in [0.5, 0.6) is 0 Å². The average Bonchev–Trinajstić information content (AvgIpc) is 2.98. The Labute approximate surface area is 117 Å². The van der Waals surface area contributed by atoms with Crippen molar-refractivity contribution in [3.05, 3.63) is 18.5 Å². The maximum absolute atomic E-state index is 12.1. The van der Waals surface area contributed by atoms with Crippen molar-refractivity contribution in [2.75, 3.05) is 13.1 Å². The van der Waals surface area contributed by atoms with Crippen molar-refractivity contribution >= 4 is 12.0 Å². The number of urea groups is 1. The summed E-state index contributed by atoms with van der Waals surface area (Å²) in [5.74, 6) is -1.32. The number of hydrogen-bond acceptors (Lipinski definition) is 3. The van der Waals surface area contributed by atoms with Crippen LogP contribution in [-0.2, 0) is 11.3 Å². The molecule has 0 aliphatic carbocycles. The Bertz CT molecular complexity index is 474. The van der Waals surface area contributed by atoms with Crippen LogP contribution in [0.1, 0.15) is 13.8 Å². The van der Waals surface area contributed by atoms with Crippen LogP contribution in [0.3, 0.4) is 0 Å². The second-order valence-electron chi connectivity index (χ2n) is 5.41. The second kappa shape index (κ2) is 5.94. The molecular weight excluding hydrogens is 260 g/mol. The number of carbonyl (C=O) groups is 2. The Kier molecular flexibility index (Phi) is 4.26. The van der Waals surface area contributed by atoms with Crippen LogP contribution in [0.25, 0.3) is 0 Å². The lowest BCUT2D eigenvalue weighted by atomic mass is 9.99. The quantitative estimate of drug-likeness (QED) is 0.847. The summed E-state index contributed by atoms with van der Waals surface area (Å²) in [6, 6.07) is 1.55. The van der Waals surface area contributed by atoms with E-state index in [1.807, 2.05) is 26.1 Å². The highest BCUT2D eigenvalue weighted by Crippen LogP contribution is 2.23. The van der Waals surface area contributed by atoms with Crippen LogP contribution < -0.4 is 5.32 Å². The molecule has 2 amide bonds. The third kappa shape index (κ3) is 3.28. The summed E-state index contributed by atoms with van der Waals surface area (Å²) < 4.78 is 1.75. The number of amides is 2. The number of hydrogen-bond donors (Lipinski definition) is 2. The minimum atomic E-state index is -0.836. The Morgan fingerprint density at radius 2 is 2.25 bits per heavy atom. The van der Waals surface area contributed by atoms with Gasteiger partial charge in [-0.2, -0.15) is 5.10 Å². The normalized spacial score (nSPS) is 23.6. The van der Waals surface area contributed by atoms with Gasteiger partial charge in [0, 0.05) is 31.5 Å². The number of aromatic nitrogens is 2. The van der Waals surface area contributed by atoms with E-state index >= 15 is 0 Å². The number of carboxylic acid groups (broad SMARTS) is 1. The predicted molar refractivity (Wildman–Crippen MR) is 72.1 cm³/mol. The second-order valence-corrected chi connectivity index (χ2v) is 5.41. The van der Waals surface area contributed by atoms with Gasteiger partial charge in [0.25, 0.3) is 0 Å². The monoisotopic (exact) mass is 280 g/mol. The number of carbonyl (C=O) groups excluding carboxylic acids is 1. The van der Waals surface area contributed by atoms with Crippen molar-refractivity contribution < 1.29 is 14.7 Å². The molecule has 2 heterocycles. The van der Waals surface area contributed by atoms with Crippen molar-refractivity contribution in [2.45, 2.75) is 26.4 Å². The molecule has 0 bridgehead atoms. The van der Waals surface area contributed by atoms with E-state index < -0.39 is 11.9 Å². The van der Waals surface area contributed by atoms with Gasteiger partial charge in [0.05, 0.1) is 12.5 Å². The van der Waals surface area contributed by atoms with E-state index in [-0.39, 0.29) is 24.5 Å². The Morgan fingerprint density at radius 3 is 2.80 bits per heavy atom. The maximum atomic E-state index is 12.1. The maximum Gasteiger partial charge on any atom is 0.317 e. The lowest BCUT2D eigenvalue weighted by Gasteiger charge is -2.20. The van der Waals surface area contributed by atoms with Gasteiger partial charge < -0.3 is 15.3 Å². The number of likely N-dealkylation sites (tertiary alicyclic amines) is 1. The number of nitrogens with zero attached hydrogens (tertiary/aromatic N) is 3. The SMILES string of the molecule is CC(Cn1cccn1)NC(=O)N1CC(C)C(C(=O)O)C1. The molecule has 0 aromatic carbocycles. The highest BCUT2D eigenvalue weighted by atomic mass is 16.4. The third-order valence-corrected chi connectivity index (χ3v) is 3.61. The topological polar surface area (TPSA) is 87.5 Å². The third-order valence-electron chi connectivity index (χ3n) is 3.61. The molecule has 3 atom stereocenters. The van der Waals surface area contributed by atoms with Crippen molar-refractivity contribution in [3.8, 4) is 0 Å². The summed E-state index contributed by atoms with van der Waals surface area (Å²) in [6.07, 6.45) is 3.52. The van der Waals surface area contributed by atoms with E-state index in [9.17, 15) is 9.59 Å². The van der Waals surface area contributed by atoms with E-state index in [1.165, 1.54) is 0 Å². The van der Waals surface area contributed by atoms with Gasteiger partial charge in [-0.05, 0) is 18.9 Å². The van der Waals surface area contributed by atoms with Crippen LogP contribution in [-0.4, -0.2) is 50.9 Å². The van der Waals surface area contributed by atoms with Gasteiger partial charge in [-0.15, -0.1) is 0 Å². The molecular formula is C13H20N4O3. The molecule has 1 aromatic heterocycles. The molecule has 2 rings (SSSR count). The van der Waals surface area contributed by atoms with E-state index in [1.54, 1.807) is 15.8 Å². The summed E-state index contributed by atoms with van der Waals surface area (Å²) in [5, 5.41) is 16.0. The first-order valence-corrected chi connectivity index (χ1v) is 6.73. The van der Waals surface area contributed by atoms with Crippen LogP contribution in [0.2, 0.25) is 0 Å². The van der Waals surface area contributed by atoms with E-state index in [0.29, 0.717) is 13.1 Å². The van der Waals surface area contributed by atoms with E-state index in [4.69, 9.17) is 5.11 Å². The van der Waals surface area contributed by atoms with Crippen LogP contribution in [0, 0.1) is 11.8 Å². The van der Waals surface area contributed by atoms with Gasteiger partial charge in [-0.1, -0.05) is 6.92 Å². The fourth-order valence-corrected chi connectivity index (χ4v) is 2.49. The number of carboxylic acids is 1. The summed E-state index contributed by atoms with van der Waals surface area (Å²) >= 11 is 0. The molecule has 0 saturated carbocycles.